The van der Waals surface area contributed by atoms with Crippen LogP contribution in [0.1, 0.15) is 13.8 Å². The van der Waals surface area contributed by atoms with Crippen LogP contribution in [0.4, 0.5) is 0 Å². The molecule has 0 atom stereocenters. The Morgan fingerprint density at radius 2 is 2.38 bits per heavy atom. The van der Waals surface area contributed by atoms with E-state index in [1.807, 2.05) is 0 Å². The van der Waals surface area contributed by atoms with E-state index < -0.39 is 0 Å². The molecule has 1 aliphatic rings. The Labute approximate surface area is 80.7 Å². The first kappa shape index (κ1) is 10.3. The molecule has 74 valence electrons. The van der Waals surface area contributed by atoms with Crippen molar-refractivity contribution in [3.63, 3.8) is 0 Å². The topological polar surface area (TPSA) is 18.8 Å². The van der Waals surface area contributed by atoms with Gasteiger partial charge in [0.25, 0.3) is 0 Å². The van der Waals surface area contributed by atoms with Gasteiger partial charge in [-0.25, -0.2) is 0 Å². The average Bonchev–Trinajstić information content (AvgIpc) is 2.16. The zero-order valence-electron chi connectivity index (χ0n) is 8.82. The molecule has 1 aliphatic heterocycles. The van der Waals surface area contributed by atoms with Crippen molar-refractivity contribution < 1.29 is 0 Å². The summed E-state index contributed by atoms with van der Waals surface area (Å²) in [7, 11) is 2.14. The Balaban J connectivity index is 2.31. The van der Waals surface area contributed by atoms with E-state index in [9.17, 15) is 0 Å². The lowest BCUT2D eigenvalue weighted by Gasteiger charge is -2.25. The Bertz CT molecular complexity index is 208. The van der Waals surface area contributed by atoms with E-state index in [0.717, 1.165) is 32.0 Å². The number of aliphatic imine (C=N–C) groups is 1. The lowest BCUT2D eigenvalue weighted by atomic mass is 10.4. The molecule has 0 fully saturated rings. The highest BCUT2D eigenvalue weighted by Gasteiger charge is 2.06. The van der Waals surface area contributed by atoms with E-state index in [2.05, 4.69) is 48.0 Å². The van der Waals surface area contributed by atoms with Crippen molar-refractivity contribution in [3.8, 4) is 0 Å². The van der Waals surface area contributed by atoms with Crippen LogP contribution in [-0.4, -0.2) is 48.9 Å². The highest BCUT2D eigenvalue weighted by Crippen LogP contribution is 2.00. The van der Waals surface area contributed by atoms with Crippen molar-refractivity contribution in [2.24, 2.45) is 4.99 Å². The van der Waals surface area contributed by atoms with Crippen LogP contribution in [0.15, 0.2) is 17.3 Å². The van der Waals surface area contributed by atoms with Crippen LogP contribution in [0.3, 0.4) is 0 Å². The molecule has 1 heterocycles. The van der Waals surface area contributed by atoms with Crippen molar-refractivity contribution >= 4 is 5.84 Å². The van der Waals surface area contributed by atoms with Gasteiger partial charge < -0.3 is 9.80 Å². The second kappa shape index (κ2) is 5.02. The third-order valence-electron chi connectivity index (χ3n) is 2.39. The van der Waals surface area contributed by atoms with Crippen LogP contribution in [-0.2, 0) is 0 Å². The van der Waals surface area contributed by atoms with Gasteiger partial charge in [-0.05, 0) is 26.6 Å². The molecule has 3 nitrogen and oxygen atoms in total. The summed E-state index contributed by atoms with van der Waals surface area (Å²) in [4.78, 5) is 8.86. The molecule has 0 aromatic carbocycles. The summed E-state index contributed by atoms with van der Waals surface area (Å²) < 4.78 is 0. The summed E-state index contributed by atoms with van der Waals surface area (Å²) in [5.74, 6) is 1.13. The van der Waals surface area contributed by atoms with Gasteiger partial charge >= 0.3 is 0 Å². The standard InChI is InChI=1S/C10H19N3/c1-4-12(3)8-9-13-7-5-6-11-10(13)2/h5,7H,4,6,8-9H2,1-3H3. The number of rotatable bonds is 4. The van der Waals surface area contributed by atoms with Crippen molar-refractivity contribution in [1.82, 2.24) is 9.80 Å². The van der Waals surface area contributed by atoms with Gasteiger partial charge in [0.1, 0.15) is 5.84 Å². The van der Waals surface area contributed by atoms with E-state index >= 15 is 0 Å². The third-order valence-corrected chi connectivity index (χ3v) is 2.39. The Morgan fingerprint density at radius 3 is 3.00 bits per heavy atom. The molecular formula is C10H19N3. The fourth-order valence-corrected chi connectivity index (χ4v) is 1.23. The number of likely N-dealkylation sites (N-methyl/N-ethyl adjacent to an activating group) is 1. The summed E-state index contributed by atoms with van der Waals surface area (Å²) in [6.07, 6.45) is 4.23. The molecule has 0 aromatic heterocycles. The number of nitrogens with zero attached hydrogens (tertiary/aromatic N) is 3. The van der Waals surface area contributed by atoms with Gasteiger partial charge in [0.2, 0.25) is 0 Å². The molecular weight excluding hydrogens is 162 g/mol. The van der Waals surface area contributed by atoms with Gasteiger partial charge in [0, 0.05) is 19.3 Å². The molecule has 0 amide bonds. The van der Waals surface area contributed by atoms with Crippen LogP contribution < -0.4 is 0 Å². The smallest absolute Gasteiger partial charge is 0.100 e. The Kier molecular flexibility index (Phi) is 3.96. The molecule has 0 saturated heterocycles. The van der Waals surface area contributed by atoms with Gasteiger partial charge in [0.15, 0.2) is 0 Å². The summed E-state index contributed by atoms with van der Waals surface area (Å²) >= 11 is 0. The van der Waals surface area contributed by atoms with Crippen LogP contribution in [0, 0.1) is 0 Å². The molecule has 0 bridgehead atoms. The van der Waals surface area contributed by atoms with Gasteiger partial charge in [-0.1, -0.05) is 6.92 Å². The summed E-state index contributed by atoms with van der Waals surface area (Å²) in [6, 6.07) is 0. The van der Waals surface area contributed by atoms with E-state index in [4.69, 9.17) is 0 Å². The lowest BCUT2D eigenvalue weighted by molar-refractivity contribution is 0.326. The third kappa shape index (κ3) is 3.19. The fraction of sp³-hybridized carbons (Fsp3) is 0.700. The maximum Gasteiger partial charge on any atom is 0.100 e. The fourth-order valence-electron chi connectivity index (χ4n) is 1.23. The summed E-state index contributed by atoms with van der Waals surface area (Å²) in [5, 5.41) is 0. The largest absolute Gasteiger partial charge is 0.336 e. The van der Waals surface area contributed by atoms with Crippen LogP contribution in [0.5, 0.6) is 0 Å². The zero-order valence-corrected chi connectivity index (χ0v) is 8.82. The average molecular weight is 181 g/mol. The predicted octanol–water partition coefficient (Wildman–Crippen LogP) is 1.19. The lowest BCUT2D eigenvalue weighted by Crippen LogP contribution is -2.34. The second-order valence-corrected chi connectivity index (χ2v) is 3.36. The molecule has 13 heavy (non-hydrogen) atoms. The normalized spacial score (nSPS) is 16.6. The highest BCUT2D eigenvalue weighted by molar-refractivity contribution is 5.81. The van der Waals surface area contributed by atoms with Crippen LogP contribution in [0.2, 0.25) is 0 Å². The van der Waals surface area contributed by atoms with E-state index in [-0.39, 0.29) is 0 Å². The molecule has 0 radical (unpaired) electrons. The number of amidine groups is 1. The molecule has 3 heteroatoms. The number of hydrogen-bond donors (Lipinski definition) is 0. The van der Waals surface area contributed by atoms with Gasteiger partial charge in [-0.2, -0.15) is 0 Å². The van der Waals surface area contributed by atoms with Crippen molar-refractivity contribution in [1.29, 1.82) is 0 Å². The van der Waals surface area contributed by atoms with Crippen LogP contribution in [0.25, 0.3) is 0 Å². The first-order chi connectivity index (χ1) is 6.24. The molecule has 0 saturated carbocycles. The molecule has 0 aliphatic carbocycles. The van der Waals surface area contributed by atoms with Gasteiger partial charge in [0.05, 0.1) is 6.54 Å². The van der Waals surface area contributed by atoms with Crippen LogP contribution >= 0.6 is 0 Å². The Hall–Kier alpha value is -0.830. The van der Waals surface area contributed by atoms with Crippen molar-refractivity contribution in [2.75, 3.05) is 33.2 Å². The highest BCUT2D eigenvalue weighted by atomic mass is 15.2. The van der Waals surface area contributed by atoms with Crippen molar-refractivity contribution in [2.45, 2.75) is 13.8 Å². The minimum atomic E-state index is 0.839. The SMILES string of the molecule is CCN(C)CCN1C=CCN=C1C. The number of hydrogen-bond acceptors (Lipinski definition) is 3. The van der Waals surface area contributed by atoms with Crippen molar-refractivity contribution in [3.05, 3.63) is 12.3 Å². The molecule has 0 N–H and O–H groups in total. The molecule has 0 unspecified atom stereocenters. The minimum absolute atomic E-state index is 0.839. The maximum atomic E-state index is 4.35. The first-order valence-corrected chi connectivity index (χ1v) is 4.87. The quantitative estimate of drug-likeness (QED) is 0.648. The van der Waals surface area contributed by atoms with Gasteiger partial charge in [-0.15, -0.1) is 0 Å². The summed E-state index contributed by atoms with van der Waals surface area (Å²) in [6.45, 7) is 8.31. The summed E-state index contributed by atoms with van der Waals surface area (Å²) in [5.41, 5.74) is 0. The Morgan fingerprint density at radius 1 is 1.62 bits per heavy atom. The minimum Gasteiger partial charge on any atom is -0.336 e. The maximum absolute atomic E-state index is 4.35. The molecule has 0 spiro atoms. The predicted molar refractivity (Wildman–Crippen MR) is 57.0 cm³/mol. The van der Waals surface area contributed by atoms with E-state index in [1.54, 1.807) is 0 Å². The van der Waals surface area contributed by atoms with E-state index in [0.29, 0.717) is 0 Å². The van der Waals surface area contributed by atoms with E-state index in [1.165, 1.54) is 0 Å². The second-order valence-electron chi connectivity index (χ2n) is 3.36. The van der Waals surface area contributed by atoms with Gasteiger partial charge in [-0.3, -0.25) is 4.99 Å². The zero-order chi connectivity index (χ0) is 9.68. The molecule has 1 rings (SSSR count). The first-order valence-electron chi connectivity index (χ1n) is 4.87. The monoisotopic (exact) mass is 181 g/mol. The molecule has 0 aromatic rings.